The van der Waals surface area contributed by atoms with Crippen LogP contribution in [0.3, 0.4) is 0 Å². The molecule has 0 saturated carbocycles. The lowest BCUT2D eigenvalue weighted by Gasteiger charge is -2.16. The number of nitrogens with one attached hydrogen (secondary N) is 4. The van der Waals surface area contributed by atoms with E-state index < -0.39 is 43.4 Å². The summed E-state index contributed by atoms with van der Waals surface area (Å²) in [6.07, 6.45) is 0. The second-order valence-electron chi connectivity index (χ2n) is 16.5. The Morgan fingerprint density at radius 1 is 0.376 bits per heavy atom. The van der Waals surface area contributed by atoms with Crippen LogP contribution in [-0.4, -0.2) is 38.7 Å². The molecule has 10 N–H and O–H groups in total. The number of hydrogen-bond acceptors (Lipinski definition) is 22. The number of ether oxygens (including phenoxy) is 4. The number of hydrogen-bond donors (Lipinski definition) is 8. The number of para-hydroxylation sites is 4. The minimum absolute atomic E-state index is 0. The molecule has 85 heavy (non-hydrogen) atoms. The Morgan fingerprint density at radius 2 is 0.682 bits per heavy atom. The van der Waals surface area contributed by atoms with Crippen LogP contribution in [0.25, 0.3) is 0 Å². The van der Waals surface area contributed by atoms with Crippen molar-refractivity contribution in [1.82, 2.24) is 0 Å². The highest BCUT2D eigenvalue weighted by Crippen LogP contribution is 2.33. The normalized spacial score (nSPS) is 9.86. The number of phenols is 2. The summed E-state index contributed by atoms with van der Waals surface area (Å²) in [7, 11) is 5.36. The highest BCUT2D eigenvalue weighted by atomic mass is 79.9. The van der Waals surface area contributed by atoms with E-state index in [1.807, 2.05) is 78.9 Å². The molecule has 10 aromatic rings. The van der Waals surface area contributed by atoms with Gasteiger partial charge < -0.3 is 61.9 Å². The van der Waals surface area contributed by atoms with Crippen molar-refractivity contribution < 1.29 is 29.2 Å². The van der Waals surface area contributed by atoms with Crippen LogP contribution in [0.2, 0.25) is 0 Å². The third-order valence-electron chi connectivity index (χ3n) is 11.1. The van der Waals surface area contributed by atoms with Crippen molar-refractivity contribution in [3.05, 3.63) is 244 Å². The fourth-order valence-corrected chi connectivity index (χ4v) is 8.17. The van der Waals surface area contributed by atoms with E-state index in [1.165, 1.54) is 58.8 Å². The van der Waals surface area contributed by atoms with Gasteiger partial charge in [0.25, 0.3) is 43.4 Å². The first kappa shape index (κ1) is 67.6. The van der Waals surface area contributed by atoms with Crippen LogP contribution in [0, 0.1) is 22.7 Å². The summed E-state index contributed by atoms with van der Waals surface area (Å²) >= 11 is 13.3. The summed E-state index contributed by atoms with van der Waals surface area (Å²) < 4.78 is 22.1. The minimum Gasteiger partial charge on any atom is -0.506 e. The minimum atomic E-state index is -0.673. The van der Waals surface area contributed by atoms with Crippen LogP contribution in [0.1, 0.15) is 18.6 Å². The van der Waals surface area contributed by atoms with Crippen molar-refractivity contribution in [2.45, 2.75) is 7.43 Å². The summed E-state index contributed by atoms with van der Waals surface area (Å²) in [4.78, 5) is 89.5. The van der Waals surface area contributed by atoms with Crippen molar-refractivity contribution in [1.29, 1.82) is 10.5 Å². The summed E-state index contributed by atoms with van der Waals surface area (Å²) in [6.45, 7) is 0. The Hall–Kier alpha value is -9.86. The third kappa shape index (κ3) is 16.7. The predicted molar refractivity (Wildman–Crippen MR) is 343 cm³/mol. The van der Waals surface area contributed by atoms with Crippen LogP contribution < -0.4 is 95.1 Å². The number of nitrogens with two attached hydrogens (primary N) is 2. The fraction of sp³-hybridized carbons (Fsp3) is 0.0847. The van der Waals surface area contributed by atoms with Gasteiger partial charge in [0.05, 0.1) is 80.1 Å². The number of nitriles is 2. The Kier molecular flexibility index (Phi) is 25.1. The summed E-state index contributed by atoms with van der Waals surface area (Å²) in [5, 5.41) is 47.4. The molecule has 0 aliphatic rings. The van der Waals surface area contributed by atoms with Crippen molar-refractivity contribution >= 4 is 121 Å². The van der Waals surface area contributed by atoms with E-state index >= 15 is 0 Å². The van der Waals surface area contributed by atoms with Crippen molar-refractivity contribution in [3.8, 4) is 46.6 Å². The van der Waals surface area contributed by atoms with Crippen LogP contribution in [0.5, 0.6) is 34.5 Å². The van der Waals surface area contributed by atoms with E-state index in [1.54, 1.807) is 36.4 Å². The number of halogens is 4. The molecule has 0 unspecified atom stereocenters. The third-order valence-corrected chi connectivity index (χ3v) is 13.9. The largest absolute Gasteiger partial charge is 0.506 e. The van der Waals surface area contributed by atoms with Gasteiger partial charge in [-0.3, -0.25) is 38.4 Å². The molecule has 10 aromatic carbocycles. The van der Waals surface area contributed by atoms with Gasteiger partial charge in [0.1, 0.15) is 34.2 Å². The van der Waals surface area contributed by atoms with E-state index in [0.29, 0.717) is 28.3 Å². The molecule has 0 aliphatic carbocycles. The van der Waals surface area contributed by atoms with Gasteiger partial charge in [-0.15, -0.1) is 0 Å². The fourth-order valence-electron chi connectivity index (χ4n) is 6.73. The molecule has 0 saturated heterocycles. The molecule has 0 amide bonds. The summed E-state index contributed by atoms with van der Waals surface area (Å²) in [5.41, 5.74) is 10.6. The Labute approximate surface area is 516 Å². The number of anilines is 10. The number of methoxy groups -OCH3 is 4. The molecule has 0 spiro atoms. The SMILES string of the molecule is C.COc1c(Nc2ccccc2Br)c(=O)c1=O.COc1c(Nc2ccccc2Br)c(=O)c1=O.COc1c(OC)c(=O)c1=O.N#Cc1ccc(N)c(O)c1.N#Cc1ccc(Nc2c(Nc3ccccc3Br)c(=O)c2=O)c(O)c1.Nc1ccccc1Br. The zero-order valence-corrected chi connectivity index (χ0v) is 50.4. The van der Waals surface area contributed by atoms with Crippen molar-refractivity contribution in [2.75, 3.05) is 61.2 Å². The quantitative estimate of drug-likeness (QED) is 0.0320. The Balaban J connectivity index is 0.000000227. The van der Waals surface area contributed by atoms with Crippen LogP contribution in [-0.2, 0) is 0 Å². The lowest BCUT2D eigenvalue weighted by Crippen LogP contribution is -2.35. The smallest absolute Gasteiger partial charge is 0.275 e. The monoisotopic (exact) mass is 1410 g/mol. The molecule has 0 aromatic heterocycles. The number of phenolic OH excluding ortho intramolecular Hbond substituents is 2. The Bertz CT molecular complexity index is 4230. The molecule has 22 nitrogen and oxygen atoms in total. The van der Waals surface area contributed by atoms with Gasteiger partial charge in [0, 0.05) is 23.6 Å². The van der Waals surface area contributed by atoms with Crippen molar-refractivity contribution in [2.24, 2.45) is 0 Å². The zero-order chi connectivity index (χ0) is 61.9. The first-order chi connectivity index (χ1) is 40.1. The average molecular weight is 1410 g/mol. The first-order valence-corrected chi connectivity index (χ1v) is 26.8. The molecule has 0 fully saturated rings. The molecule has 0 radical (unpaired) electrons. The standard InChI is InChI=1S/C17H10BrN3O3.2C11H8BrNO3.C7H6N2O.C6H6BrN.C6H6O4.CH4/c18-10-3-1-2-4-11(10)20-14-15(17(24)16(14)23)21-12-6-5-9(8-19)7-13(12)22;2*1-16-11-8(9(14)10(11)15)13-7-5-3-2-4-6(7)12;8-4-5-1-2-6(9)7(10)3-5;7-5-3-1-2-4-6(5)8;1-9-5-3(7)4(8)6(5)10-2;/h1-7,20-22H;2*2-5,13H,1H3;1-3,10H,9H2;1-4H,8H2;1-2H3;1H4. The molecular weight excluding hydrogens is 1360 g/mol. The van der Waals surface area contributed by atoms with E-state index in [-0.39, 0.29) is 75.9 Å². The van der Waals surface area contributed by atoms with Crippen molar-refractivity contribution in [3.63, 3.8) is 0 Å². The first-order valence-electron chi connectivity index (χ1n) is 23.6. The average Bonchev–Trinajstić information content (AvgIpc) is 3.52. The second-order valence-corrected chi connectivity index (χ2v) is 19.9. The number of nitrogen functional groups attached to an aromatic ring is 2. The maximum Gasteiger partial charge on any atom is 0.275 e. The zero-order valence-electron chi connectivity index (χ0n) is 44.1. The van der Waals surface area contributed by atoms with Gasteiger partial charge in [-0.05, 0) is 149 Å². The topological polar surface area (TPSA) is 362 Å². The molecular formula is C59H48Br4N8O14. The van der Waals surface area contributed by atoms with Gasteiger partial charge in [0.2, 0.25) is 11.5 Å². The molecule has 10 rings (SSSR count). The Morgan fingerprint density at radius 3 is 1.00 bits per heavy atom. The van der Waals surface area contributed by atoms with Gasteiger partial charge in [0.15, 0.2) is 11.5 Å². The number of nitrogens with zero attached hydrogens (tertiary/aromatic N) is 2. The van der Waals surface area contributed by atoms with Crippen LogP contribution >= 0.6 is 63.7 Å². The van der Waals surface area contributed by atoms with Crippen LogP contribution in [0.15, 0.2) is 190 Å². The summed E-state index contributed by atoms with van der Waals surface area (Å²) in [6, 6.07) is 41.8. The predicted octanol–water partition coefficient (Wildman–Crippen LogP) is 9.52. The van der Waals surface area contributed by atoms with E-state index in [9.17, 15) is 43.5 Å². The van der Waals surface area contributed by atoms with E-state index in [0.717, 1.165) is 23.6 Å². The second kappa shape index (κ2) is 31.5. The number of rotatable bonds is 12. The number of aromatic hydroxyl groups is 2. The molecule has 26 heteroatoms. The maximum atomic E-state index is 11.8. The van der Waals surface area contributed by atoms with Crippen LogP contribution in [0.4, 0.5) is 56.9 Å². The molecule has 0 atom stereocenters. The molecule has 0 bridgehead atoms. The van der Waals surface area contributed by atoms with Gasteiger partial charge >= 0.3 is 0 Å². The van der Waals surface area contributed by atoms with E-state index in [2.05, 4.69) is 94.5 Å². The number of benzene rings is 6. The lowest BCUT2D eigenvalue weighted by molar-refractivity contribution is 0.339. The highest BCUT2D eigenvalue weighted by Gasteiger charge is 2.25. The molecule has 0 heterocycles. The van der Waals surface area contributed by atoms with E-state index in [4.69, 9.17) is 36.6 Å². The van der Waals surface area contributed by atoms with Gasteiger partial charge in [-0.2, -0.15) is 10.5 Å². The maximum absolute atomic E-state index is 11.8. The highest BCUT2D eigenvalue weighted by molar-refractivity contribution is 9.11. The molecule has 436 valence electrons. The summed E-state index contributed by atoms with van der Waals surface area (Å²) in [5.74, 6) is -0.0190. The van der Waals surface area contributed by atoms with Gasteiger partial charge in [-0.1, -0.05) is 56.0 Å². The lowest BCUT2D eigenvalue weighted by atomic mass is 10.1. The van der Waals surface area contributed by atoms with Gasteiger partial charge in [-0.25, -0.2) is 0 Å². The molecule has 0 aliphatic heterocycles.